The Morgan fingerprint density at radius 2 is 2.07 bits per heavy atom. The molecule has 3 heterocycles. The van der Waals surface area contributed by atoms with Gasteiger partial charge in [0, 0.05) is 32.5 Å². The molecule has 3 aromatic rings. The van der Waals surface area contributed by atoms with Gasteiger partial charge in [-0.2, -0.15) is 0 Å². The number of carbonyl (C=O) groups is 1. The van der Waals surface area contributed by atoms with Crippen molar-refractivity contribution in [1.29, 1.82) is 5.41 Å². The number of pyridine rings is 2. The number of hydrogen-bond acceptors (Lipinski definition) is 5. The number of amides is 1. The maximum Gasteiger partial charge on any atom is 0.267 e. The molecule has 0 aliphatic rings. The van der Waals surface area contributed by atoms with Gasteiger partial charge in [0.1, 0.15) is 16.8 Å². The number of carbonyl (C=O) groups excluding carboxylic acids is 1. The summed E-state index contributed by atoms with van der Waals surface area (Å²) in [6, 6.07) is 5.20. The van der Waals surface area contributed by atoms with E-state index in [1.807, 2.05) is 19.9 Å². The van der Waals surface area contributed by atoms with Crippen LogP contribution in [0.4, 0.5) is 0 Å². The summed E-state index contributed by atoms with van der Waals surface area (Å²) in [6.07, 6.45) is 4.10. The summed E-state index contributed by atoms with van der Waals surface area (Å²) in [5.41, 5.74) is 1.90. The number of ether oxygens (including phenoxy) is 1. The predicted molar refractivity (Wildman–Crippen MR) is 116 cm³/mol. The first-order valence-electron chi connectivity index (χ1n) is 10.5. The Kier molecular flexibility index (Phi) is 6.99. The Morgan fingerprint density at radius 3 is 2.80 bits per heavy atom. The molecule has 8 heteroatoms. The van der Waals surface area contributed by atoms with E-state index in [2.05, 4.69) is 12.2 Å². The van der Waals surface area contributed by atoms with Crippen molar-refractivity contribution < 1.29 is 9.53 Å². The van der Waals surface area contributed by atoms with Gasteiger partial charge in [-0.15, -0.1) is 0 Å². The molecule has 1 amide bonds. The third-order valence-electron chi connectivity index (χ3n) is 5.07. The second-order valence-corrected chi connectivity index (χ2v) is 7.26. The number of aryl methyl sites for hydroxylation is 2. The van der Waals surface area contributed by atoms with Crippen molar-refractivity contribution >= 4 is 22.6 Å². The maximum atomic E-state index is 13.2. The van der Waals surface area contributed by atoms with Crippen LogP contribution in [0.2, 0.25) is 0 Å². The van der Waals surface area contributed by atoms with Crippen LogP contribution in [-0.2, 0) is 11.3 Å². The van der Waals surface area contributed by atoms with E-state index in [0.29, 0.717) is 49.4 Å². The van der Waals surface area contributed by atoms with Crippen LogP contribution in [0.1, 0.15) is 49.0 Å². The quantitative estimate of drug-likeness (QED) is 0.417. The zero-order chi connectivity index (χ0) is 21.7. The Morgan fingerprint density at radius 1 is 1.27 bits per heavy atom. The fraction of sp³-hybridized carbons (Fsp3) is 0.455. The van der Waals surface area contributed by atoms with Crippen LogP contribution in [0.15, 0.2) is 29.2 Å². The van der Waals surface area contributed by atoms with Gasteiger partial charge in [-0.1, -0.05) is 19.4 Å². The van der Waals surface area contributed by atoms with Crippen molar-refractivity contribution in [2.75, 3.05) is 19.8 Å². The maximum absolute atomic E-state index is 13.2. The van der Waals surface area contributed by atoms with E-state index in [4.69, 9.17) is 15.1 Å². The lowest BCUT2D eigenvalue weighted by atomic mass is 10.1. The second kappa shape index (κ2) is 9.67. The lowest BCUT2D eigenvalue weighted by molar-refractivity contribution is 0.0942. The first-order chi connectivity index (χ1) is 14.5. The van der Waals surface area contributed by atoms with E-state index in [0.717, 1.165) is 18.4 Å². The van der Waals surface area contributed by atoms with E-state index in [1.54, 1.807) is 16.8 Å². The van der Waals surface area contributed by atoms with Gasteiger partial charge < -0.3 is 14.6 Å². The van der Waals surface area contributed by atoms with Gasteiger partial charge in [0.15, 0.2) is 0 Å². The summed E-state index contributed by atoms with van der Waals surface area (Å²) in [4.78, 5) is 30.7. The van der Waals surface area contributed by atoms with Gasteiger partial charge in [0.2, 0.25) is 0 Å². The Hall–Kier alpha value is -3.00. The highest BCUT2D eigenvalue weighted by Crippen LogP contribution is 2.13. The average Bonchev–Trinajstić information content (AvgIpc) is 2.73. The molecule has 0 saturated carbocycles. The van der Waals surface area contributed by atoms with Crippen LogP contribution < -0.4 is 16.4 Å². The fourth-order valence-electron chi connectivity index (χ4n) is 3.42. The average molecular weight is 412 g/mol. The molecular formula is C22H29N5O3. The highest BCUT2D eigenvalue weighted by Gasteiger charge is 2.17. The summed E-state index contributed by atoms with van der Waals surface area (Å²) in [7, 11) is 0. The molecule has 160 valence electrons. The number of rotatable bonds is 9. The molecule has 0 radical (unpaired) electrons. The molecule has 30 heavy (non-hydrogen) atoms. The molecule has 0 aromatic carbocycles. The number of fused-ring (bicyclic) bond motifs is 2. The summed E-state index contributed by atoms with van der Waals surface area (Å²) >= 11 is 0. The van der Waals surface area contributed by atoms with Crippen LogP contribution in [-0.4, -0.2) is 39.6 Å². The molecule has 3 rings (SSSR count). The molecule has 0 aliphatic carbocycles. The lowest BCUT2D eigenvalue weighted by Crippen LogP contribution is -2.35. The van der Waals surface area contributed by atoms with Crippen molar-refractivity contribution in [3.63, 3.8) is 0 Å². The molecule has 0 bridgehead atoms. The molecule has 0 spiro atoms. The SMILES string of the molecule is CCCCn1c(=N)c(C(=O)NCCCOCC)cc2c(=O)n3cccc(C)c3nc21. The summed E-state index contributed by atoms with van der Waals surface area (Å²) in [6.45, 7) is 8.05. The lowest BCUT2D eigenvalue weighted by Gasteiger charge is -2.15. The van der Waals surface area contributed by atoms with Gasteiger partial charge >= 0.3 is 0 Å². The Balaban J connectivity index is 2.12. The topological polar surface area (TPSA) is 101 Å². The molecule has 0 atom stereocenters. The number of nitrogens with zero attached hydrogens (tertiary/aromatic N) is 3. The van der Waals surface area contributed by atoms with Crippen LogP contribution in [0.5, 0.6) is 0 Å². The number of aromatic nitrogens is 3. The zero-order valence-electron chi connectivity index (χ0n) is 17.8. The molecule has 0 unspecified atom stereocenters. The minimum Gasteiger partial charge on any atom is -0.382 e. The van der Waals surface area contributed by atoms with E-state index >= 15 is 0 Å². The van der Waals surface area contributed by atoms with Gasteiger partial charge in [-0.25, -0.2) is 4.98 Å². The minimum atomic E-state index is -0.364. The van der Waals surface area contributed by atoms with Crippen LogP contribution in [0.3, 0.4) is 0 Å². The van der Waals surface area contributed by atoms with Crippen LogP contribution >= 0.6 is 0 Å². The third kappa shape index (κ3) is 4.28. The largest absolute Gasteiger partial charge is 0.382 e. The number of hydrogen-bond donors (Lipinski definition) is 2. The Labute approximate surface area is 175 Å². The normalized spacial score (nSPS) is 11.3. The van der Waals surface area contributed by atoms with Gasteiger partial charge in [0.05, 0.1) is 10.9 Å². The van der Waals surface area contributed by atoms with Crippen LogP contribution in [0, 0.1) is 12.3 Å². The Bertz CT molecular complexity index is 1180. The predicted octanol–water partition coefficient (Wildman–Crippen LogP) is 2.39. The van der Waals surface area contributed by atoms with E-state index in [1.165, 1.54) is 10.5 Å². The van der Waals surface area contributed by atoms with Crippen molar-refractivity contribution in [1.82, 2.24) is 19.3 Å². The van der Waals surface area contributed by atoms with E-state index < -0.39 is 0 Å². The summed E-state index contributed by atoms with van der Waals surface area (Å²) in [5, 5.41) is 11.8. The summed E-state index contributed by atoms with van der Waals surface area (Å²) < 4.78 is 8.46. The number of nitrogens with one attached hydrogen (secondary N) is 2. The molecule has 0 fully saturated rings. The molecule has 8 nitrogen and oxygen atoms in total. The molecule has 3 aromatic heterocycles. The smallest absolute Gasteiger partial charge is 0.267 e. The standard InChI is InChI=1S/C22H29N5O3/c1-4-6-11-26-18(23)16(21(28)24-10-8-13-30-5-2)14-17-20(26)25-19-15(3)9-7-12-27(19)22(17)29/h7,9,12,14,23H,4-6,8,10-11,13H2,1-3H3,(H,24,28). The first-order valence-corrected chi connectivity index (χ1v) is 10.5. The van der Waals surface area contributed by atoms with Gasteiger partial charge in [-0.3, -0.25) is 19.4 Å². The molecule has 0 saturated heterocycles. The first kappa shape index (κ1) is 21.7. The highest BCUT2D eigenvalue weighted by molar-refractivity contribution is 5.96. The van der Waals surface area contributed by atoms with Crippen molar-refractivity contribution in [3.05, 3.63) is 51.4 Å². The second-order valence-electron chi connectivity index (χ2n) is 7.26. The van der Waals surface area contributed by atoms with Crippen LogP contribution in [0.25, 0.3) is 16.7 Å². The van der Waals surface area contributed by atoms with Crippen molar-refractivity contribution in [2.45, 2.75) is 46.6 Å². The molecular weight excluding hydrogens is 382 g/mol. The highest BCUT2D eigenvalue weighted by atomic mass is 16.5. The van der Waals surface area contributed by atoms with Gasteiger partial charge in [0.25, 0.3) is 11.5 Å². The van der Waals surface area contributed by atoms with E-state index in [9.17, 15) is 9.59 Å². The van der Waals surface area contributed by atoms with E-state index in [-0.39, 0.29) is 22.5 Å². The monoisotopic (exact) mass is 411 g/mol. The summed E-state index contributed by atoms with van der Waals surface area (Å²) in [5.74, 6) is -0.364. The van der Waals surface area contributed by atoms with Crippen molar-refractivity contribution in [2.24, 2.45) is 0 Å². The third-order valence-corrected chi connectivity index (χ3v) is 5.07. The van der Waals surface area contributed by atoms with Crippen molar-refractivity contribution in [3.8, 4) is 0 Å². The number of unbranched alkanes of at least 4 members (excludes halogenated alkanes) is 1. The zero-order valence-corrected chi connectivity index (χ0v) is 17.8. The fourth-order valence-corrected chi connectivity index (χ4v) is 3.42. The molecule has 2 N–H and O–H groups in total. The van der Waals surface area contributed by atoms with Gasteiger partial charge in [-0.05, 0) is 44.4 Å². The minimum absolute atomic E-state index is 0.0723. The molecule has 0 aliphatic heterocycles.